The van der Waals surface area contributed by atoms with Crippen molar-refractivity contribution in [2.45, 2.75) is 31.8 Å². The lowest BCUT2D eigenvalue weighted by Gasteiger charge is -2.11. The van der Waals surface area contributed by atoms with Crippen LogP contribution in [-0.2, 0) is 16.1 Å². The molecule has 11 nitrogen and oxygen atoms in total. The van der Waals surface area contributed by atoms with Crippen molar-refractivity contribution in [3.8, 4) is 0 Å². The van der Waals surface area contributed by atoms with Crippen LogP contribution in [0.1, 0.15) is 40.7 Å². The molecule has 0 bridgehead atoms. The maximum Gasteiger partial charge on any atom is 0.254 e. The van der Waals surface area contributed by atoms with E-state index in [1.165, 1.54) is 0 Å². The van der Waals surface area contributed by atoms with Gasteiger partial charge in [-0.3, -0.25) is 19.7 Å². The van der Waals surface area contributed by atoms with Gasteiger partial charge in [0.05, 0.1) is 12.6 Å². The summed E-state index contributed by atoms with van der Waals surface area (Å²) in [4.78, 5) is 44.6. The van der Waals surface area contributed by atoms with Crippen molar-refractivity contribution < 1.29 is 14.4 Å². The van der Waals surface area contributed by atoms with E-state index in [0.717, 1.165) is 18.4 Å². The molecule has 0 atom stereocenters. The third-order valence-electron chi connectivity index (χ3n) is 5.40. The van der Waals surface area contributed by atoms with Crippen LogP contribution in [0.15, 0.2) is 36.0 Å². The molecule has 5 rings (SSSR count). The van der Waals surface area contributed by atoms with Gasteiger partial charge in [0, 0.05) is 36.3 Å². The molecule has 1 aliphatic carbocycles. The zero-order valence-electron chi connectivity index (χ0n) is 17.9. The molecule has 1 saturated carbocycles. The summed E-state index contributed by atoms with van der Waals surface area (Å²) in [6.07, 6.45) is 5.37. The molecule has 3 aromatic rings. The van der Waals surface area contributed by atoms with Gasteiger partial charge in [-0.15, -0.1) is 0 Å². The van der Waals surface area contributed by atoms with E-state index in [9.17, 15) is 14.4 Å². The first kappa shape index (κ1) is 20.6. The molecule has 168 valence electrons. The molecular weight excluding hydrogens is 424 g/mol. The summed E-state index contributed by atoms with van der Waals surface area (Å²) in [6, 6.07) is 7.62. The van der Waals surface area contributed by atoms with E-state index in [-0.39, 0.29) is 18.2 Å². The number of aromatic nitrogens is 4. The van der Waals surface area contributed by atoms with Gasteiger partial charge in [0.15, 0.2) is 5.65 Å². The number of carbonyl (C=O) groups excluding carboxylic acids is 3. The average molecular weight is 446 g/mol. The van der Waals surface area contributed by atoms with Crippen LogP contribution in [0.4, 0.5) is 11.9 Å². The predicted molar refractivity (Wildman–Crippen MR) is 120 cm³/mol. The largest absolute Gasteiger partial charge is 0.355 e. The number of rotatable bonds is 7. The molecule has 3 amide bonds. The summed E-state index contributed by atoms with van der Waals surface area (Å²) in [6.45, 7) is 0.408. The Morgan fingerprint density at radius 3 is 2.85 bits per heavy atom. The number of nitrogens with one attached hydrogen (secondary N) is 4. The predicted octanol–water partition coefficient (Wildman–Crippen LogP) is 1.10. The molecule has 0 unspecified atom stereocenters. The van der Waals surface area contributed by atoms with Crippen LogP contribution in [0.5, 0.6) is 0 Å². The standard InChI is InChI=1S/C22H22N8O3/c1-23-19(32)13-4-2-3-12(7-13)10-24-21-28-18-15(8-14-9-17(31)27-20(14)33)11-25-30(18)22(29-21)26-16-5-6-16/h2-4,7-8,11,16H,5-6,9-10H2,1H3,(H,23,32)(H,27,31,33)(H2,24,26,28,29)/b14-8+. The Kier molecular flexibility index (Phi) is 5.21. The van der Waals surface area contributed by atoms with Crippen LogP contribution < -0.4 is 21.3 Å². The van der Waals surface area contributed by atoms with Crippen LogP contribution in [-0.4, -0.2) is 50.4 Å². The number of carbonyl (C=O) groups is 3. The smallest absolute Gasteiger partial charge is 0.254 e. The SMILES string of the molecule is CNC(=O)c1cccc(CNc2nc(NC3CC3)n3ncc(/C=C4\CC(=O)NC4=O)c3n2)c1. The van der Waals surface area contributed by atoms with E-state index >= 15 is 0 Å². The molecule has 3 heterocycles. The van der Waals surface area contributed by atoms with Crippen molar-refractivity contribution in [3.05, 3.63) is 52.7 Å². The Balaban J connectivity index is 1.46. The number of amides is 3. The lowest BCUT2D eigenvalue weighted by molar-refractivity contribution is -0.124. The molecule has 33 heavy (non-hydrogen) atoms. The first-order valence-electron chi connectivity index (χ1n) is 10.6. The number of imide groups is 1. The fourth-order valence-electron chi connectivity index (χ4n) is 3.54. The van der Waals surface area contributed by atoms with E-state index in [1.807, 2.05) is 12.1 Å². The molecule has 2 fully saturated rings. The summed E-state index contributed by atoms with van der Waals surface area (Å²) < 4.78 is 1.59. The van der Waals surface area contributed by atoms with Crippen molar-refractivity contribution in [1.29, 1.82) is 0 Å². The van der Waals surface area contributed by atoms with Crippen molar-refractivity contribution in [1.82, 2.24) is 30.2 Å². The Labute approximate surface area is 188 Å². The molecule has 4 N–H and O–H groups in total. The quantitative estimate of drug-likeness (QED) is 0.312. The highest BCUT2D eigenvalue weighted by Crippen LogP contribution is 2.26. The molecule has 1 saturated heterocycles. The minimum atomic E-state index is -0.404. The second kappa shape index (κ2) is 8.34. The van der Waals surface area contributed by atoms with E-state index in [2.05, 4.69) is 36.3 Å². The highest BCUT2D eigenvalue weighted by Gasteiger charge is 2.26. The molecule has 2 aromatic heterocycles. The summed E-state index contributed by atoms with van der Waals surface area (Å²) in [7, 11) is 1.59. The van der Waals surface area contributed by atoms with Crippen LogP contribution in [0.25, 0.3) is 11.7 Å². The lowest BCUT2D eigenvalue weighted by atomic mass is 10.1. The van der Waals surface area contributed by atoms with Gasteiger partial charge in [0.2, 0.25) is 17.8 Å². The summed E-state index contributed by atoms with van der Waals surface area (Å²) in [5.41, 5.74) is 2.95. The number of hydrogen-bond donors (Lipinski definition) is 4. The van der Waals surface area contributed by atoms with Gasteiger partial charge >= 0.3 is 0 Å². The monoisotopic (exact) mass is 446 g/mol. The molecule has 1 aliphatic heterocycles. The maximum absolute atomic E-state index is 12.0. The summed E-state index contributed by atoms with van der Waals surface area (Å²) in [5, 5.41) is 15.8. The molecule has 0 radical (unpaired) electrons. The second-order valence-electron chi connectivity index (χ2n) is 7.98. The number of nitrogens with zero attached hydrogens (tertiary/aromatic N) is 4. The number of hydrogen-bond acceptors (Lipinski definition) is 8. The highest BCUT2D eigenvalue weighted by atomic mass is 16.2. The topological polar surface area (TPSA) is 142 Å². The van der Waals surface area contributed by atoms with Gasteiger partial charge in [0.1, 0.15) is 0 Å². The molecule has 0 spiro atoms. The normalized spacial score (nSPS) is 16.8. The maximum atomic E-state index is 12.0. The zero-order chi connectivity index (χ0) is 22.9. The summed E-state index contributed by atoms with van der Waals surface area (Å²) in [5.74, 6) is 0.0366. The zero-order valence-corrected chi connectivity index (χ0v) is 17.9. The average Bonchev–Trinajstić information content (AvgIpc) is 3.45. The van der Waals surface area contributed by atoms with E-state index in [1.54, 1.807) is 36.0 Å². The van der Waals surface area contributed by atoms with E-state index < -0.39 is 5.91 Å². The molecule has 2 aliphatic rings. The van der Waals surface area contributed by atoms with Crippen molar-refractivity contribution >= 4 is 41.3 Å². The number of anilines is 2. The van der Waals surface area contributed by atoms with Gasteiger partial charge in [-0.2, -0.15) is 19.6 Å². The molecule has 11 heteroatoms. The lowest BCUT2D eigenvalue weighted by Crippen LogP contribution is -2.19. The van der Waals surface area contributed by atoms with Gasteiger partial charge in [-0.25, -0.2) is 0 Å². The van der Waals surface area contributed by atoms with Crippen LogP contribution in [0, 0.1) is 0 Å². The highest BCUT2D eigenvalue weighted by molar-refractivity contribution is 6.15. The van der Waals surface area contributed by atoms with Crippen molar-refractivity contribution in [2.24, 2.45) is 0 Å². The second-order valence-corrected chi connectivity index (χ2v) is 7.98. The van der Waals surface area contributed by atoms with Gasteiger partial charge in [-0.1, -0.05) is 12.1 Å². The van der Waals surface area contributed by atoms with E-state index in [4.69, 9.17) is 0 Å². The van der Waals surface area contributed by atoms with Gasteiger partial charge in [-0.05, 0) is 36.6 Å². The first-order valence-corrected chi connectivity index (χ1v) is 10.6. The fraction of sp³-hybridized carbons (Fsp3) is 0.273. The first-order chi connectivity index (χ1) is 16.0. The van der Waals surface area contributed by atoms with Gasteiger partial charge < -0.3 is 16.0 Å². The minimum absolute atomic E-state index is 0.0290. The Morgan fingerprint density at radius 1 is 1.27 bits per heavy atom. The number of benzene rings is 1. The van der Waals surface area contributed by atoms with E-state index in [0.29, 0.717) is 46.8 Å². The molecule has 1 aromatic carbocycles. The van der Waals surface area contributed by atoms with Crippen LogP contribution in [0.3, 0.4) is 0 Å². The Bertz CT molecular complexity index is 1310. The number of fused-ring (bicyclic) bond motifs is 1. The fourth-order valence-corrected chi connectivity index (χ4v) is 3.54. The van der Waals surface area contributed by atoms with Crippen LogP contribution >= 0.6 is 0 Å². The van der Waals surface area contributed by atoms with Gasteiger partial charge in [0.25, 0.3) is 11.8 Å². The Morgan fingerprint density at radius 2 is 2.12 bits per heavy atom. The van der Waals surface area contributed by atoms with Crippen molar-refractivity contribution in [3.63, 3.8) is 0 Å². The third kappa shape index (κ3) is 4.38. The van der Waals surface area contributed by atoms with Crippen LogP contribution in [0.2, 0.25) is 0 Å². The molecular formula is C22H22N8O3. The summed E-state index contributed by atoms with van der Waals surface area (Å²) >= 11 is 0. The Hall–Kier alpha value is -4.28. The third-order valence-corrected chi connectivity index (χ3v) is 5.40. The van der Waals surface area contributed by atoms with Crippen molar-refractivity contribution in [2.75, 3.05) is 17.7 Å². The minimum Gasteiger partial charge on any atom is -0.355 e.